The van der Waals surface area contributed by atoms with Crippen molar-refractivity contribution in [3.8, 4) is 0 Å². The Balaban J connectivity index is 2.20. The van der Waals surface area contributed by atoms with E-state index >= 15 is 0 Å². The predicted molar refractivity (Wildman–Crippen MR) is 108 cm³/mol. The van der Waals surface area contributed by atoms with Crippen LogP contribution in [0.15, 0.2) is 23.8 Å². The van der Waals surface area contributed by atoms with Crippen molar-refractivity contribution in [3.05, 3.63) is 23.8 Å². The smallest absolute Gasteiger partial charge is 0.317 e. The van der Waals surface area contributed by atoms with Gasteiger partial charge in [-0.05, 0) is 76.6 Å². The third kappa shape index (κ3) is 10.6. The Hall–Kier alpha value is -0.986. The molecule has 1 atom stereocenters. The molecule has 142 valence electrons. The topological polar surface area (TPSA) is 52.6 Å². The second-order valence-corrected chi connectivity index (χ2v) is 17.5. The second-order valence-electron chi connectivity index (χ2n) is 8.62. The van der Waals surface area contributed by atoms with Crippen LogP contribution in [0.5, 0.6) is 0 Å². The molecule has 0 bridgehead atoms. The summed E-state index contributed by atoms with van der Waals surface area (Å²) in [6.45, 7) is 12.4. The van der Waals surface area contributed by atoms with Crippen LogP contribution in [0.3, 0.4) is 0 Å². The van der Waals surface area contributed by atoms with Gasteiger partial charge in [0.2, 0.25) is 8.32 Å². The van der Waals surface area contributed by atoms with E-state index in [1.807, 2.05) is 31.8 Å². The maximum absolute atomic E-state index is 12.0. The first kappa shape index (κ1) is 22.1. The van der Waals surface area contributed by atoms with E-state index in [1.54, 1.807) is 6.08 Å². The van der Waals surface area contributed by atoms with Gasteiger partial charge in [0.25, 0.3) is 0 Å². The Morgan fingerprint density at radius 1 is 1.12 bits per heavy atom. The Bertz CT molecular complexity index is 525. The van der Waals surface area contributed by atoms with Crippen LogP contribution < -0.4 is 0 Å². The lowest BCUT2D eigenvalue weighted by Crippen LogP contribution is -2.30. The fraction of sp³-hybridized carbons (Fsp3) is 0.684. The summed E-state index contributed by atoms with van der Waals surface area (Å²) in [5, 5.41) is 0. The zero-order valence-corrected chi connectivity index (χ0v) is 18.7. The maximum atomic E-state index is 12.0. The summed E-state index contributed by atoms with van der Waals surface area (Å²) in [5.74, 6) is 0.0200. The van der Waals surface area contributed by atoms with Crippen LogP contribution >= 0.6 is 0 Å². The zero-order valence-electron chi connectivity index (χ0n) is 16.7. The van der Waals surface area contributed by atoms with Gasteiger partial charge in [0.1, 0.15) is 0 Å². The Labute approximate surface area is 154 Å². The largest absolute Gasteiger partial charge is 0.517 e. The van der Waals surface area contributed by atoms with E-state index in [0.717, 1.165) is 37.7 Å². The van der Waals surface area contributed by atoms with Crippen LogP contribution in [0.4, 0.5) is 0 Å². The normalized spacial score (nSPS) is 18.7. The van der Waals surface area contributed by atoms with Crippen LogP contribution in [0, 0.1) is 0 Å². The summed E-state index contributed by atoms with van der Waals surface area (Å²) in [4.78, 5) is 23.6. The lowest BCUT2D eigenvalue weighted by molar-refractivity contribution is -0.129. The van der Waals surface area contributed by atoms with Crippen molar-refractivity contribution in [2.24, 2.45) is 0 Å². The molecule has 1 aliphatic carbocycles. The fourth-order valence-corrected chi connectivity index (χ4v) is 4.44. The highest BCUT2D eigenvalue weighted by Gasteiger charge is 2.28. The van der Waals surface area contributed by atoms with Crippen molar-refractivity contribution in [2.45, 2.75) is 83.9 Å². The summed E-state index contributed by atoms with van der Waals surface area (Å²) < 4.78 is 11.4. The molecular formula is C19H34O4Si2. The van der Waals surface area contributed by atoms with Crippen LogP contribution in [-0.4, -0.2) is 34.5 Å². The van der Waals surface area contributed by atoms with Crippen molar-refractivity contribution in [1.29, 1.82) is 0 Å². The quantitative estimate of drug-likeness (QED) is 0.303. The molecule has 0 fully saturated rings. The molecule has 0 aromatic carbocycles. The minimum Gasteiger partial charge on any atom is -0.517 e. The number of ketones is 1. The first-order valence-corrected chi connectivity index (χ1v) is 16.1. The summed E-state index contributed by atoms with van der Waals surface area (Å²) in [5.41, 5.74) is 0.942. The van der Waals surface area contributed by atoms with Gasteiger partial charge < -0.3 is 8.85 Å². The summed E-state index contributed by atoms with van der Waals surface area (Å²) >= 11 is 0. The van der Waals surface area contributed by atoms with Crippen LogP contribution in [-0.2, 0) is 18.4 Å². The minimum absolute atomic E-state index is 0.00511. The van der Waals surface area contributed by atoms with Crippen molar-refractivity contribution in [1.82, 2.24) is 0 Å². The van der Waals surface area contributed by atoms with E-state index in [-0.39, 0.29) is 17.9 Å². The lowest BCUT2D eigenvalue weighted by atomic mass is 10.1. The van der Waals surface area contributed by atoms with E-state index in [1.165, 1.54) is 0 Å². The van der Waals surface area contributed by atoms with Gasteiger partial charge in [0.05, 0.1) is 6.10 Å². The van der Waals surface area contributed by atoms with Crippen LogP contribution in [0.2, 0.25) is 39.3 Å². The van der Waals surface area contributed by atoms with Gasteiger partial charge in [0.15, 0.2) is 14.1 Å². The van der Waals surface area contributed by atoms with E-state index in [9.17, 15) is 9.59 Å². The second kappa shape index (κ2) is 9.64. The summed E-state index contributed by atoms with van der Waals surface area (Å²) in [6, 6.07) is 0. The van der Waals surface area contributed by atoms with E-state index in [0.29, 0.717) is 6.42 Å². The highest BCUT2D eigenvalue weighted by Crippen LogP contribution is 2.25. The van der Waals surface area contributed by atoms with Gasteiger partial charge in [0, 0.05) is 12.5 Å². The number of carbonyl (C=O) groups is 2. The molecule has 0 spiro atoms. The van der Waals surface area contributed by atoms with Crippen LogP contribution in [0.25, 0.3) is 0 Å². The van der Waals surface area contributed by atoms with Crippen molar-refractivity contribution in [2.75, 3.05) is 0 Å². The lowest BCUT2D eigenvalue weighted by Gasteiger charge is -2.21. The molecule has 1 unspecified atom stereocenters. The van der Waals surface area contributed by atoms with Crippen LogP contribution in [0.1, 0.15) is 38.5 Å². The molecule has 0 amide bonds. The van der Waals surface area contributed by atoms with Gasteiger partial charge in [-0.25, -0.2) is 4.79 Å². The average molecular weight is 383 g/mol. The predicted octanol–water partition coefficient (Wildman–Crippen LogP) is 4.99. The summed E-state index contributed by atoms with van der Waals surface area (Å²) in [7, 11) is -3.39. The van der Waals surface area contributed by atoms with E-state index < -0.39 is 16.6 Å². The molecule has 1 aliphatic rings. The number of unbranched alkanes of at least 4 members (excludes halogenated alkanes) is 3. The average Bonchev–Trinajstić information content (AvgIpc) is 2.73. The highest BCUT2D eigenvalue weighted by atomic mass is 28.4. The van der Waals surface area contributed by atoms with Gasteiger partial charge in [-0.3, -0.25) is 4.79 Å². The molecule has 0 saturated carbocycles. The molecule has 0 radical (unpaired) electrons. The summed E-state index contributed by atoms with van der Waals surface area (Å²) in [6.07, 6.45) is 10.8. The van der Waals surface area contributed by atoms with E-state index in [4.69, 9.17) is 8.85 Å². The molecule has 0 aromatic rings. The van der Waals surface area contributed by atoms with Gasteiger partial charge in [-0.1, -0.05) is 12.5 Å². The maximum Gasteiger partial charge on any atom is 0.317 e. The standard InChI is InChI=1S/C19H34O4Si2/c1-24(2,3)22-17-14-16(18(20)15-17)12-10-8-7-9-11-13-19(21)23-25(4,5)6/h11,13-14,17H,7-10,12,15H2,1-6H3. The SMILES string of the molecule is C[Si](C)(C)OC(=O)C=CCCCCCC1=CC(O[Si](C)(C)C)CC1=O. The number of hydrogen-bond acceptors (Lipinski definition) is 4. The zero-order chi connectivity index (χ0) is 19.1. The molecule has 0 aliphatic heterocycles. The number of allylic oxidation sites excluding steroid dienone is 2. The number of Topliss-reactive ketones (excluding diaryl/α,β-unsaturated/α-hetero) is 1. The van der Waals surface area contributed by atoms with Crippen molar-refractivity contribution >= 4 is 28.4 Å². The Morgan fingerprint density at radius 3 is 2.40 bits per heavy atom. The fourth-order valence-electron chi connectivity index (χ4n) is 2.71. The number of carbonyl (C=O) groups excluding carboxylic acids is 2. The monoisotopic (exact) mass is 382 g/mol. The molecule has 0 saturated heterocycles. The molecule has 4 nitrogen and oxygen atoms in total. The Kier molecular flexibility index (Phi) is 8.50. The van der Waals surface area contributed by atoms with Gasteiger partial charge in [-0.15, -0.1) is 0 Å². The van der Waals surface area contributed by atoms with Gasteiger partial charge in [-0.2, -0.15) is 0 Å². The third-order valence-electron chi connectivity index (χ3n) is 3.61. The molecule has 0 heterocycles. The number of hydrogen-bond donors (Lipinski definition) is 0. The first-order chi connectivity index (χ1) is 11.5. The van der Waals surface area contributed by atoms with Crippen molar-refractivity contribution < 1.29 is 18.4 Å². The first-order valence-electron chi connectivity index (χ1n) is 9.27. The third-order valence-corrected chi connectivity index (χ3v) is 5.44. The molecule has 25 heavy (non-hydrogen) atoms. The minimum atomic E-state index is -1.79. The molecular weight excluding hydrogens is 348 g/mol. The Morgan fingerprint density at radius 2 is 1.80 bits per heavy atom. The highest BCUT2D eigenvalue weighted by molar-refractivity contribution is 6.71. The molecule has 0 N–H and O–H groups in total. The molecule has 0 aromatic heterocycles. The van der Waals surface area contributed by atoms with E-state index in [2.05, 4.69) is 19.6 Å². The molecule has 6 heteroatoms. The molecule has 1 rings (SSSR count). The van der Waals surface area contributed by atoms with Crippen molar-refractivity contribution in [3.63, 3.8) is 0 Å². The number of rotatable bonds is 10. The van der Waals surface area contributed by atoms with Gasteiger partial charge >= 0.3 is 5.97 Å².